The molecule has 4 aromatic rings. The number of fused-ring (bicyclic) bond motifs is 3. The number of halogens is 1. The maximum Gasteiger partial charge on any atom is 0.354 e. The second-order valence-electron chi connectivity index (χ2n) is 7.60. The first-order valence-electron chi connectivity index (χ1n) is 9.55. The van der Waals surface area contributed by atoms with Crippen molar-refractivity contribution < 1.29 is 4.42 Å². The van der Waals surface area contributed by atoms with Crippen LogP contribution in [0.1, 0.15) is 37.3 Å². The van der Waals surface area contributed by atoms with Crippen LogP contribution in [0.25, 0.3) is 27.8 Å². The van der Waals surface area contributed by atoms with Crippen LogP contribution in [-0.2, 0) is 0 Å². The maximum absolute atomic E-state index is 13.2. The monoisotopic (exact) mass is 392 g/mol. The van der Waals surface area contributed by atoms with Crippen LogP contribution in [0.5, 0.6) is 0 Å². The molecule has 0 saturated heterocycles. The number of pyridine rings is 1. The van der Waals surface area contributed by atoms with E-state index in [1.807, 2.05) is 24.3 Å². The molecular formula is C21H17ClN4O2. The number of nitrogens with zero attached hydrogens (tertiary/aromatic N) is 3. The Bertz CT molecular complexity index is 1300. The molecule has 28 heavy (non-hydrogen) atoms. The normalized spacial score (nSPS) is 16.8. The maximum atomic E-state index is 13.2. The van der Waals surface area contributed by atoms with Crippen LogP contribution >= 0.6 is 11.6 Å². The van der Waals surface area contributed by atoms with Crippen molar-refractivity contribution in [3.63, 3.8) is 0 Å². The van der Waals surface area contributed by atoms with Crippen LogP contribution in [0.15, 0.2) is 45.7 Å². The molecule has 0 unspecified atom stereocenters. The van der Waals surface area contributed by atoms with E-state index in [1.54, 1.807) is 16.8 Å². The van der Waals surface area contributed by atoms with E-state index in [-0.39, 0.29) is 5.69 Å². The van der Waals surface area contributed by atoms with Crippen molar-refractivity contribution in [1.29, 1.82) is 0 Å². The Balaban J connectivity index is 1.73. The number of hydrogen-bond donors (Lipinski definition) is 1. The number of nitrogens with one attached hydrogen (secondary N) is 1. The highest BCUT2D eigenvalue weighted by atomic mass is 35.5. The van der Waals surface area contributed by atoms with Gasteiger partial charge >= 0.3 is 5.69 Å². The topological polar surface area (TPSA) is 73.0 Å². The summed E-state index contributed by atoms with van der Waals surface area (Å²) >= 11 is 6.27. The van der Waals surface area contributed by atoms with Crippen LogP contribution in [0.3, 0.4) is 0 Å². The molecule has 2 saturated carbocycles. The van der Waals surface area contributed by atoms with Crippen LogP contribution in [0, 0.1) is 0 Å². The van der Waals surface area contributed by atoms with E-state index >= 15 is 0 Å². The van der Waals surface area contributed by atoms with Crippen LogP contribution in [-0.4, -0.2) is 20.6 Å². The van der Waals surface area contributed by atoms with Gasteiger partial charge in [-0.1, -0.05) is 11.6 Å². The van der Waals surface area contributed by atoms with Gasteiger partial charge in [0.15, 0.2) is 11.4 Å². The minimum absolute atomic E-state index is 0.340. The molecule has 2 fully saturated rings. The average molecular weight is 393 g/mol. The van der Waals surface area contributed by atoms with Crippen molar-refractivity contribution in [2.24, 2.45) is 0 Å². The molecule has 3 heterocycles. The molecule has 6 nitrogen and oxygen atoms in total. The van der Waals surface area contributed by atoms with Crippen LogP contribution < -0.4 is 11.0 Å². The summed E-state index contributed by atoms with van der Waals surface area (Å²) in [5.74, 6) is 0.895. The molecular weight excluding hydrogens is 376 g/mol. The highest BCUT2D eigenvalue weighted by molar-refractivity contribution is 6.31. The summed E-state index contributed by atoms with van der Waals surface area (Å²) in [5, 5.41) is 4.73. The Labute approximate surface area is 165 Å². The van der Waals surface area contributed by atoms with Gasteiger partial charge in [-0.25, -0.2) is 4.79 Å². The van der Waals surface area contributed by atoms with Crippen molar-refractivity contribution >= 4 is 39.5 Å². The summed E-state index contributed by atoms with van der Waals surface area (Å²) in [6.07, 6.45) is 6.11. The van der Waals surface area contributed by atoms with Gasteiger partial charge in [0.1, 0.15) is 11.1 Å². The average Bonchev–Trinajstić information content (AvgIpc) is 3.61. The fraction of sp³-hybridized carbons (Fsp3) is 0.286. The second kappa shape index (κ2) is 5.82. The quantitative estimate of drug-likeness (QED) is 0.548. The third-order valence-corrected chi connectivity index (χ3v) is 5.64. The first-order chi connectivity index (χ1) is 13.7. The van der Waals surface area contributed by atoms with Crippen molar-refractivity contribution in [2.75, 3.05) is 5.32 Å². The van der Waals surface area contributed by atoms with Crippen LogP contribution in [0.2, 0.25) is 5.02 Å². The van der Waals surface area contributed by atoms with Gasteiger partial charge in [-0.2, -0.15) is 4.98 Å². The van der Waals surface area contributed by atoms with Crippen LogP contribution in [0.4, 0.5) is 5.82 Å². The Morgan fingerprint density at radius 3 is 2.82 bits per heavy atom. The van der Waals surface area contributed by atoms with Gasteiger partial charge in [0.2, 0.25) is 0 Å². The first-order valence-corrected chi connectivity index (χ1v) is 9.93. The van der Waals surface area contributed by atoms with Gasteiger partial charge in [0, 0.05) is 28.6 Å². The summed E-state index contributed by atoms with van der Waals surface area (Å²) in [4.78, 5) is 22.1. The lowest BCUT2D eigenvalue weighted by Gasteiger charge is -2.13. The van der Waals surface area contributed by atoms with E-state index < -0.39 is 0 Å². The van der Waals surface area contributed by atoms with E-state index in [2.05, 4.69) is 15.3 Å². The summed E-state index contributed by atoms with van der Waals surface area (Å²) in [6, 6.07) is 9.59. The molecule has 0 radical (unpaired) electrons. The van der Waals surface area contributed by atoms with Gasteiger partial charge < -0.3 is 9.73 Å². The van der Waals surface area contributed by atoms with E-state index in [4.69, 9.17) is 16.0 Å². The Morgan fingerprint density at radius 1 is 1.18 bits per heavy atom. The van der Waals surface area contributed by atoms with Crippen molar-refractivity contribution in [3.8, 4) is 5.69 Å². The lowest BCUT2D eigenvalue weighted by Crippen LogP contribution is -2.24. The molecule has 0 atom stereocenters. The Morgan fingerprint density at radius 2 is 2.04 bits per heavy atom. The molecule has 0 aliphatic heterocycles. The number of hydrogen-bond acceptors (Lipinski definition) is 5. The van der Waals surface area contributed by atoms with E-state index in [0.29, 0.717) is 39.5 Å². The van der Waals surface area contributed by atoms with Gasteiger partial charge in [-0.15, -0.1) is 0 Å². The molecule has 3 aromatic heterocycles. The highest BCUT2D eigenvalue weighted by Crippen LogP contribution is 2.42. The minimum Gasteiger partial charge on any atom is -0.450 e. The first kappa shape index (κ1) is 16.1. The fourth-order valence-corrected chi connectivity index (χ4v) is 3.92. The zero-order chi connectivity index (χ0) is 18.8. The molecule has 1 N–H and O–H groups in total. The second-order valence-corrected chi connectivity index (χ2v) is 8.04. The van der Waals surface area contributed by atoms with Crippen molar-refractivity contribution in [1.82, 2.24) is 14.5 Å². The number of rotatable bonds is 4. The molecule has 2 aliphatic rings. The fourth-order valence-electron chi connectivity index (χ4n) is 3.74. The van der Waals surface area contributed by atoms with E-state index in [9.17, 15) is 4.79 Å². The minimum atomic E-state index is -0.340. The zero-order valence-electron chi connectivity index (χ0n) is 15.0. The number of furan rings is 1. The lowest BCUT2D eigenvalue weighted by molar-refractivity contribution is 0.664. The number of aromatic nitrogens is 3. The van der Waals surface area contributed by atoms with Crippen molar-refractivity contribution in [3.05, 3.63) is 57.7 Å². The molecule has 0 spiro atoms. The number of anilines is 1. The summed E-state index contributed by atoms with van der Waals surface area (Å²) in [5.41, 5.74) is 3.31. The molecule has 0 bridgehead atoms. The molecule has 2 aliphatic carbocycles. The van der Waals surface area contributed by atoms with Gasteiger partial charge in [-0.3, -0.25) is 9.55 Å². The standard InChI is InChI=1S/C21H17ClN4O2/c22-12-5-8-16-14(10-12)18-19(28-16)20(24-13-6-7-13)25-21(27)26(18)15-2-1-9-23-17(15)11-3-4-11/h1-2,5,8-11,13H,3-4,6-7H2,(H,24,25,27). The smallest absolute Gasteiger partial charge is 0.354 e. The predicted molar refractivity (Wildman–Crippen MR) is 109 cm³/mol. The lowest BCUT2D eigenvalue weighted by atomic mass is 10.2. The van der Waals surface area contributed by atoms with Gasteiger partial charge in [0.25, 0.3) is 0 Å². The zero-order valence-corrected chi connectivity index (χ0v) is 15.7. The third-order valence-electron chi connectivity index (χ3n) is 5.40. The highest BCUT2D eigenvalue weighted by Gasteiger charge is 2.30. The molecule has 6 rings (SSSR count). The largest absolute Gasteiger partial charge is 0.450 e. The summed E-state index contributed by atoms with van der Waals surface area (Å²) in [6.45, 7) is 0. The third kappa shape index (κ3) is 2.52. The van der Waals surface area contributed by atoms with Crippen molar-refractivity contribution in [2.45, 2.75) is 37.6 Å². The Kier molecular flexibility index (Phi) is 3.35. The van der Waals surface area contributed by atoms with E-state index in [0.717, 1.165) is 42.5 Å². The molecule has 1 aromatic carbocycles. The number of benzene rings is 1. The molecule has 140 valence electrons. The Hall–Kier alpha value is -2.86. The molecule has 7 heteroatoms. The molecule has 0 amide bonds. The van der Waals surface area contributed by atoms with Gasteiger partial charge in [-0.05, 0) is 56.0 Å². The summed E-state index contributed by atoms with van der Waals surface area (Å²) < 4.78 is 7.77. The predicted octanol–water partition coefficient (Wildman–Crippen LogP) is 4.63. The van der Waals surface area contributed by atoms with Gasteiger partial charge in [0.05, 0.1) is 11.4 Å². The van der Waals surface area contributed by atoms with E-state index in [1.165, 1.54) is 0 Å². The SMILES string of the molecule is O=c1nc(NC2CC2)c2oc3ccc(Cl)cc3c2n1-c1cccnc1C1CC1. The summed E-state index contributed by atoms with van der Waals surface area (Å²) in [7, 11) is 0.